The van der Waals surface area contributed by atoms with E-state index >= 15 is 0 Å². The number of halogens is 1. The van der Waals surface area contributed by atoms with Gasteiger partial charge < -0.3 is 15.4 Å². The SMILES string of the molecule is CC(N)c1nc2cccc(Cl)c2c(=O)n1C1CCN(C(=O)OC(C)(C)C)CC1. The fourth-order valence-corrected chi connectivity index (χ4v) is 3.78. The summed E-state index contributed by atoms with van der Waals surface area (Å²) in [7, 11) is 0. The monoisotopic (exact) mass is 406 g/mol. The van der Waals surface area contributed by atoms with Crippen LogP contribution >= 0.6 is 11.6 Å². The first-order valence-corrected chi connectivity index (χ1v) is 9.90. The number of piperidine rings is 1. The van der Waals surface area contributed by atoms with E-state index in [-0.39, 0.29) is 17.7 Å². The van der Waals surface area contributed by atoms with Gasteiger partial charge in [0.2, 0.25) is 0 Å². The molecule has 152 valence electrons. The number of amides is 1. The van der Waals surface area contributed by atoms with Gasteiger partial charge in [-0.05, 0) is 52.7 Å². The molecule has 2 heterocycles. The molecular weight excluding hydrogens is 380 g/mol. The van der Waals surface area contributed by atoms with Crippen LogP contribution in [0.5, 0.6) is 0 Å². The zero-order valence-electron chi connectivity index (χ0n) is 16.7. The number of carbonyl (C=O) groups excluding carboxylic acids is 1. The van der Waals surface area contributed by atoms with Crippen LogP contribution in [0, 0.1) is 0 Å². The maximum atomic E-state index is 13.3. The lowest BCUT2D eigenvalue weighted by Crippen LogP contribution is -2.44. The Morgan fingerprint density at radius 1 is 1.32 bits per heavy atom. The van der Waals surface area contributed by atoms with E-state index in [1.165, 1.54) is 0 Å². The summed E-state index contributed by atoms with van der Waals surface area (Å²) in [4.78, 5) is 31.9. The molecule has 1 atom stereocenters. The minimum Gasteiger partial charge on any atom is -0.444 e. The topological polar surface area (TPSA) is 90.5 Å². The molecule has 1 saturated heterocycles. The standard InChI is InChI=1S/C20H27ClN4O3/c1-12(22)17-23-15-7-5-6-14(21)16(15)18(26)25(17)13-8-10-24(11-9-13)19(27)28-20(2,3)4/h5-7,12-13H,8-11,22H2,1-4H3. The fraction of sp³-hybridized carbons (Fsp3) is 0.550. The van der Waals surface area contributed by atoms with Gasteiger partial charge in [-0.1, -0.05) is 17.7 Å². The van der Waals surface area contributed by atoms with Gasteiger partial charge in [0.1, 0.15) is 11.4 Å². The summed E-state index contributed by atoms with van der Waals surface area (Å²) in [6, 6.07) is 4.73. The van der Waals surface area contributed by atoms with Crippen molar-refractivity contribution >= 4 is 28.6 Å². The van der Waals surface area contributed by atoms with Crippen molar-refractivity contribution < 1.29 is 9.53 Å². The number of likely N-dealkylation sites (tertiary alicyclic amines) is 1. The van der Waals surface area contributed by atoms with E-state index in [9.17, 15) is 9.59 Å². The molecule has 0 radical (unpaired) electrons. The summed E-state index contributed by atoms with van der Waals surface area (Å²) < 4.78 is 7.12. The lowest BCUT2D eigenvalue weighted by molar-refractivity contribution is 0.0186. The lowest BCUT2D eigenvalue weighted by Gasteiger charge is -2.35. The van der Waals surface area contributed by atoms with Crippen molar-refractivity contribution in [3.8, 4) is 0 Å². The van der Waals surface area contributed by atoms with Gasteiger partial charge in [-0.15, -0.1) is 0 Å². The van der Waals surface area contributed by atoms with Crippen molar-refractivity contribution in [2.24, 2.45) is 5.73 Å². The van der Waals surface area contributed by atoms with E-state index in [0.717, 1.165) is 0 Å². The van der Waals surface area contributed by atoms with Crippen LogP contribution in [-0.4, -0.2) is 39.2 Å². The molecule has 1 aliphatic rings. The Hall–Kier alpha value is -2.12. The highest BCUT2D eigenvalue weighted by Crippen LogP contribution is 2.27. The van der Waals surface area contributed by atoms with Crippen molar-refractivity contribution in [3.63, 3.8) is 0 Å². The van der Waals surface area contributed by atoms with Crippen LogP contribution in [0.15, 0.2) is 23.0 Å². The molecule has 1 aromatic heterocycles. The molecule has 1 aromatic carbocycles. The summed E-state index contributed by atoms with van der Waals surface area (Å²) in [5.41, 5.74) is 5.96. The highest BCUT2D eigenvalue weighted by molar-refractivity contribution is 6.35. The average molecular weight is 407 g/mol. The third-order valence-corrected chi connectivity index (χ3v) is 5.11. The van der Waals surface area contributed by atoms with Crippen LogP contribution in [0.2, 0.25) is 5.02 Å². The van der Waals surface area contributed by atoms with E-state index in [1.807, 2.05) is 27.7 Å². The van der Waals surface area contributed by atoms with E-state index < -0.39 is 11.6 Å². The fourth-order valence-electron chi connectivity index (χ4n) is 3.53. The number of fused-ring (bicyclic) bond motifs is 1. The summed E-state index contributed by atoms with van der Waals surface area (Å²) in [6.45, 7) is 8.35. The molecule has 3 rings (SSSR count). The zero-order chi connectivity index (χ0) is 20.6. The van der Waals surface area contributed by atoms with Crippen molar-refractivity contribution in [1.82, 2.24) is 14.5 Å². The molecule has 1 unspecified atom stereocenters. The lowest BCUT2D eigenvalue weighted by atomic mass is 10.0. The summed E-state index contributed by atoms with van der Waals surface area (Å²) in [5, 5.41) is 0.786. The van der Waals surface area contributed by atoms with Gasteiger partial charge in [-0.25, -0.2) is 9.78 Å². The van der Waals surface area contributed by atoms with Crippen LogP contribution in [-0.2, 0) is 4.74 Å². The van der Waals surface area contributed by atoms with Gasteiger partial charge in [0, 0.05) is 19.1 Å². The van der Waals surface area contributed by atoms with Gasteiger partial charge in [-0.3, -0.25) is 9.36 Å². The molecule has 2 aromatic rings. The quantitative estimate of drug-likeness (QED) is 0.822. The minimum atomic E-state index is -0.536. The second-order valence-corrected chi connectivity index (χ2v) is 8.67. The van der Waals surface area contributed by atoms with Gasteiger partial charge in [-0.2, -0.15) is 0 Å². The number of aromatic nitrogens is 2. The van der Waals surface area contributed by atoms with Crippen LogP contribution in [0.1, 0.15) is 58.4 Å². The predicted molar refractivity (Wildman–Crippen MR) is 110 cm³/mol. The van der Waals surface area contributed by atoms with Crippen LogP contribution in [0.4, 0.5) is 4.79 Å². The molecule has 1 amide bonds. The van der Waals surface area contributed by atoms with Crippen molar-refractivity contribution in [2.45, 2.75) is 58.2 Å². The molecule has 7 nitrogen and oxygen atoms in total. The van der Waals surface area contributed by atoms with Crippen LogP contribution in [0.3, 0.4) is 0 Å². The second-order valence-electron chi connectivity index (χ2n) is 8.27. The van der Waals surface area contributed by atoms with E-state index in [1.54, 1.807) is 27.7 Å². The Bertz CT molecular complexity index is 941. The molecular formula is C20H27ClN4O3. The smallest absolute Gasteiger partial charge is 0.410 e. The molecule has 1 aliphatic heterocycles. The van der Waals surface area contributed by atoms with Crippen molar-refractivity contribution in [2.75, 3.05) is 13.1 Å². The van der Waals surface area contributed by atoms with Gasteiger partial charge in [0.05, 0.1) is 22.0 Å². The second kappa shape index (κ2) is 7.72. The van der Waals surface area contributed by atoms with Gasteiger partial charge in [0.15, 0.2) is 0 Å². The van der Waals surface area contributed by atoms with Crippen LogP contribution in [0.25, 0.3) is 10.9 Å². The molecule has 8 heteroatoms. The molecule has 0 aliphatic carbocycles. The van der Waals surface area contributed by atoms with Crippen LogP contribution < -0.4 is 11.3 Å². The molecule has 0 spiro atoms. The Balaban J connectivity index is 1.91. The normalized spacial score (nSPS) is 17.0. The van der Waals surface area contributed by atoms with Gasteiger partial charge >= 0.3 is 6.09 Å². The van der Waals surface area contributed by atoms with E-state index in [2.05, 4.69) is 4.98 Å². The minimum absolute atomic E-state index is 0.0969. The summed E-state index contributed by atoms with van der Waals surface area (Å²) in [6.07, 6.45) is 0.915. The number of benzene rings is 1. The first-order chi connectivity index (χ1) is 13.1. The highest BCUT2D eigenvalue weighted by atomic mass is 35.5. The molecule has 0 saturated carbocycles. The maximum absolute atomic E-state index is 13.3. The number of ether oxygens (including phenoxy) is 1. The Labute approximate surface area is 169 Å². The summed E-state index contributed by atoms with van der Waals surface area (Å²) in [5.74, 6) is 0.537. The van der Waals surface area contributed by atoms with E-state index in [0.29, 0.717) is 47.7 Å². The number of rotatable bonds is 2. The number of nitrogens with zero attached hydrogens (tertiary/aromatic N) is 3. The zero-order valence-corrected chi connectivity index (χ0v) is 17.5. The van der Waals surface area contributed by atoms with Gasteiger partial charge in [0.25, 0.3) is 5.56 Å². The predicted octanol–water partition coefficient (Wildman–Crippen LogP) is 3.64. The number of nitrogens with two attached hydrogens (primary N) is 1. The average Bonchev–Trinajstić information content (AvgIpc) is 2.60. The molecule has 28 heavy (non-hydrogen) atoms. The molecule has 2 N–H and O–H groups in total. The Morgan fingerprint density at radius 3 is 2.54 bits per heavy atom. The third-order valence-electron chi connectivity index (χ3n) is 4.79. The van der Waals surface area contributed by atoms with Crippen molar-refractivity contribution in [3.05, 3.63) is 39.4 Å². The molecule has 0 bridgehead atoms. The number of hydrogen-bond donors (Lipinski definition) is 1. The third kappa shape index (κ3) is 4.15. The maximum Gasteiger partial charge on any atom is 0.410 e. The Kier molecular flexibility index (Phi) is 5.68. The molecule has 1 fully saturated rings. The van der Waals surface area contributed by atoms with E-state index in [4.69, 9.17) is 22.1 Å². The first kappa shape index (κ1) is 20.6. The van der Waals surface area contributed by atoms with Crippen molar-refractivity contribution in [1.29, 1.82) is 0 Å². The Morgan fingerprint density at radius 2 is 1.96 bits per heavy atom. The number of hydrogen-bond acceptors (Lipinski definition) is 5. The highest BCUT2D eigenvalue weighted by Gasteiger charge is 2.30. The first-order valence-electron chi connectivity index (χ1n) is 9.52. The largest absolute Gasteiger partial charge is 0.444 e. The summed E-state index contributed by atoms with van der Waals surface area (Å²) >= 11 is 6.28. The number of carbonyl (C=O) groups is 1.